The molecule has 1 saturated heterocycles. The maximum atomic E-state index is 14.6. The topological polar surface area (TPSA) is 107 Å². The number of hydrogen-bond donors (Lipinski definition) is 1. The van der Waals surface area contributed by atoms with E-state index in [4.69, 9.17) is 10.5 Å². The third-order valence-corrected chi connectivity index (χ3v) is 5.66. The van der Waals surface area contributed by atoms with Gasteiger partial charge in [-0.1, -0.05) is 6.92 Å². The molecule has 0 aliphatic carbocycles. The maximum Gasteiger partial charge on any atom is 0.286 e. The number of nitrogens with zero attached hydrogens (tertiary/aromatic N) is 5. The normalized spacial score (nSPS) is 14.3. The van der Waals surface area contributed by atoms with Crippen LogP contribution >= 0.6 is 0 Å². The van der Waals surface area contributed by atoms with E-state index in [9.17, 15) is 13.6 Å². The highest BCUT2D eigenvalue weighted by Gasteiger charge is 2.23. The lowest BCUT2D eigenvalue weighted by atomic mass is 9.98. The first kappa shape index (κ1) is 22.5. The molecule has 0 unspecified atom stereocenters. The predicted molar refractivity (Wildman–Crippen MR) is 118 cm³/mol. The average Bonchev–Trinajstić information content (AvgIpc) is 2.84. The van der Waals surface area contributed by atoms with Gasteiger partial charge >= 0.3 is 0 Å². The number of benzene rings is 1. The smallest absolute Gasteiger partial charge is 0.286 e. The van der Waals surface area contributed by atoms with Crippen LogP contribution in [-0.4, -0.2) is 45.5 Å². The molecule has 33 heavy (non-hydrogen) atoms. The molecule has 0 radical (unpaired) electrons. The number of amides is 1. The summed E-state index contributed by atoms with van der Waals surface area (Å²) in [5.74, 6) is -2.12. The van der Waals surface area contributed by atoms with Gasteiger partial charge in [0.05, 0.1) is 6.61 Å². The molecule has 0 saturated carbocycles. The summed E-state index contributed by atoms with van der Waals surface area (Å²) in [6.07, 6.45) is 8.76. The van der Waals surface area contributed by atoms with Crippen LogP contribution in [0.4, 0.5) is 14.7 Å². The van der Waals surface area contributed by atoms with Crippen LogP contribution in [0.1, 0.15) is 35.9 Å². The van der Waals surface area contributed by atoms with Crippen molar-refractivity contribution < 1.29 is 18.3 Å². The predicted octanol–water partition coefficient (Wildman–Crippen LogP) is 3.17. The van der Waals surface area contributed by atoms with Gasteiger partial charge in [-0.2, -0.15) is 0 Å². The first-order valence-corrected chi connectivity index (χ1v) is 10.7. The molecule has 3 heterocycles. The van der Waals surface area contributed by atoms with Crippen LogP contribution in [0.15, 0.2) is 36.9 Å². The van der Waals surface area contributed by atoms with Crippen molar-refractivity contribution in [1.29, 1.82) is 0 Å². The number of piperidine rings is 1. The van der Waals surface area contributed by atoms with Crippen molar-refractivity contribution in [3.8, 4) is 16.9 Å². The number of ether oxygens (including phenoxy) is 1. The number of anilines is 1. The van der Waals surface area contributed by atoms with Gasteiger partial charge in [-0.05, 0) is 48.4 Å². The van der Waals surface area contributed by atoms with Gasteiger partial charge in [0.15, 0.2) is 17.4 Å². The Hall–Kier alpha value is -3.69. The Morgan fingerprint density at radius 3 is 2.18 bits per heavy atom. The fourth-order valence-corrected chi connectivity index (χ4v) is 3.66. The minimum absolute atomic E-state index is 0.171. The fourth-order valence-electron chi connectivity index (χ4n) is 3.66. The molecule has 4 rings (SSSR count). The van der Waals surface area contributed by atoms with Crippen molar-refractivity contribution in [2.45, 2.75) is 26.2 Å². The second kappa shape index (κ2) is 9.85. The number of primary amides is 1. The van der Waals surface area contributed by atoms with E-state index in [1.807, 2.05) is 12.4 Å². The van der Waals surface area contributed by atoms with Crippen molar-refractivity contribution in [3.05, 3.63) is 59.9 Å². The number of hydrogen-bond acceptors (Lipinski definition) is 7. The molecule has 2 aromatic heterocycles. The molecule has 172 valence electrons. The highest BCUT2D eigenvalue weighted by molar-refractivity contribution is 5.88. The Morgan fingerprint density at radius 2 is 1.64 bits per heavy atom. The van der Waals surface area contributed by atoms with Crippen molar-refractivity contribution in [2.75, 3.05) is 24.6 Å². The number of aryl methyl sites for hydroxylation is 1. The van der Waals surface area contributed by atoms with Crippen LogP contribution in [-0.2, 0) is 6.42 Å². The summed E-state index contributed by atoms with van der Waals surface area (Å²) in [4.78, 5) is 29.6. The zero-order valence-corrected chi connectivity index (χ0v) is 18.2. The Labute approximate surface area is 189 Å². The molecular formula is C23H24F2N6O2. The van der Waals surface area contributed by atoms with Gasteiger partial charge in [-0.25, -0.2) is 28.7 Å². The SMILES string of the molecule is CCc1cnc(N2CCC(COc3c(F)cc(-c4cnc(C(N)=O)nc4)cc3F)CC2)nc1. The molecule has 0 bridgehead atoms. The summed E-state index contributed by atoms with van der Waals surface area (Å²) in [5.41, 5.74) is 6.78. The van der Waals surface area contributed by atoms with Crippen LogP contribution in [0.25, 0.3) is 11.1 Å². The summed E-state index contributed by atoms with van der Waals surface area (Å²) >= 11 is 0. The van der Waals surface area contributed by atoms with Crippen molar-refractivity contribution in [1.82, 2.24) is 19.9 Å². The Balaban J connectivity index is 1.35. The molecule has 10 heteroatoms. The van der Waals surface area contributed by atoms with E-state index < -0.39 is 23.3 Å². The third-order valence-electron chi connectivity index (χ3n) is 5.66. The zero-order valence-electron chi connectivity index (χ0n) is 18.2. The molecule has 0 spiro atoms. The van der Waals surface area contributed by atoms with E-state index in [1.54, 1.807) is 0 Å². The molecule has 1 aliphatic rings. The second-order valence-electron chi connectivity index (χ2n) is 7.91. The number of rotatable bonds is 7. The van der Waals surface area contributed by atoms with Gasteiger partial charge < -0.3 is 15.4 Å². The fraction of sp³-hybridized carbons (Fsp3) is 0.348. The van der Waals surface area contributed by atoms with Crippen molar-refractivity contribution in [3.63, 3.8) is 0 Å². The van der Waals surface area contributed by atoms with Crippen LogP contribution in [0, 0.1) is 17.6 Å². The van der Waals surface area contributed by atoms with E-state index in [-0.39, 0.29) is 23.9 Å². The zero-order chi connectivity index (χ0) is 23.4. The van der Waals surface area contributed by atoms with E-state index >= 15 is 0 Å². The maximum absolute atomic E-state index is 14.6. The van der Waals surface area contributed by atoms with E-state index in [0.717, 1.165) is 50.0 Å². The molecule has 1 aliphatic heterocycles. The number of nitrogens with two attached hydrogens (primary N) is 1. The molecule has 0 atom stereocenters. The van der Waals surface area contributed by atoms with Gasteiger partial charge in [-0.15, -0.1) is 0 Å². The number of carbonyl (C=O) groups excluding carboxylic acids is 1. The standard InChI is InChI=1S/C23H24F2N6O2/c1-2-14-9-29-23(30-10-14)31-5-3-15(4-6-31)13-33-20-18(24)7-16(8-19(20)25)17-11-27-22(21(26)32)28-12-17/h7-12,15H,2-6,13H2,1H3,(H2,26,32). The molecule has 1 fully saturated rings. The number of aromatic nitrogens is 4. The van der Waals surface area contributed by atoms with Crippen molar-refractivity contribution >= 4 is 11.9 Å². The molecule has 1 aromatic carbocycles. The Kier molecular flexibility index (Phi) is 6.71. The van der Waals surface area contributed by atoms with Gasteiger partial charge in [-0.3, -0.25) is 4.79 Å². The van der Waals surface area contributed by atoms with Crippen LogP contribution in [0.2, 0.25) is 0 Å². The lowest BCUT2D eigenvalue weighted by Crippen LogP contribution is -2.36. The Bertz CT molecular complexity index is 1090. The summed E-state index contributed by atoms with van der Waals surface area (Å²) < 4.78 is 34.7. The highest BCUT2D eigenvalue weighted by atomic mass is 19.1. The first-order chi connectivity index (χ1) is 15.9. The highest BCUT2D eigenvalue weighted by Crippen LogP contribution is 2.30. The van der Waals surface area contributed by atoms with Crippen molar-refractivity contribution in [2.24, 2.45) is 11.7 Å². The lowest BCUT2D eigenvalue weighted by molar-refractivity contribution is 0.0990. The first-order valence-electron chi connectivity index (χ1n) is 10.7. The quantitative estimate of drug-likeness (QED) is 0.584. The minimum Gasteiger partial charge on any atom is -0.487 e. The second-order valence-corrected chi connectivity index (χ2v) is 7.91. The third kappa shape index (κ3) is 5.21. The lowest BCUT2D eigenvalue weighted by Gasteiger charge is -2.31. The van der Waals surface area contributed by atoms with Gasteiger partial charge in [0, 0.05) is 43.4 Å². The molecule has 1 amide bonds. The summed E-state index contributed by atoms with van der Waals surface area (Å²) in [6, 6.07) is 2.31. The molecule has 3 aromatic rings. The molecular weight excluding hydrogens is 430 g/mol. The van der Waals surface area contributed by atoms with Crippen LogP contribution in [0.3, 0.4) is 0 Å². The van der Waals surface area contributed by atoms with Gasteiger partial charge in [0.25, 0.3) is 5.91 Å². The van der Waals surface area contributed by atoms with Gasteiger partial charge in [0.2, 0.25) is 11.8 Å². The summed E-state index contributed by atoms with van der Waals surface area (Å²) in [5, 5.41) is 0. The van der Waals surface area contributed by atoms with E-state index in [2.05, 4.69) is 31.8 Å². The van der Waals surface area contributed by atoms with E-state index in [0.29, 0.717) is 11.5 Å². The molecule has 8 nitrogen and oxygen atoms in total. The average molecular weight is 454 g/mol. The largest absolute Gasteiger partial charge is 0.487 e. The van der Waals surface area contributed by atoms with Gasteiger partial charge in [0.1, 0.15) is 0 Å². The number of halogens is 2. The van der Waals surface area contributed by atoms with Crippen LogP contribution < -0.4 is 15.4 Å². The Morgan fingerprint density at radius 1 is 1.03 bits per heavy atom. The molecule has 2 N–H and O–H groups in total. The van der Waals surface area contributed by atoms with E-state index in [1.165, 1.54) is 12.4 Å². The summed E-state index contributed by atoms with van der Waals surface area (Å²) in [7, 11) is 0. The monoisotopic (exact) mass is 454 g/mol. The number of carbonyl (C=O) groups is 1. The van der Waals surface area contributed by atoms with Crippen LogP contribution in [0.5, 0.6) is 5.75 Å². The summed E-state index contributed by atoms with van der Waals surface area (Å²) in [6.45, 7) is 3.78. The minimum atomic E-state index is -0.814.